The van der Waals surface area contributed by atoms with Crippen LogP contribution in [0.25, 0.3) is 0 Å². The van der Waals surface area contributed by atoms with Gasteiger partial charge < -0.3 is 15.3 Å². The van der Waals surface area contributed by atoms with Gasteiger partial charge in [-0.2, -0.15) is 0 Å². The first-order valence-electron chi connectivity index (χ1n) is 7.47. The fourth-order valence-electron chi connectivity index (χ4n) is 2.62. The summed E-state index contributed by atoms with van der Waals surface area (Å²) in [4.78, 5) is 26.6. The van der Waals surface area contributed by atoms with E-state index in [-0.39, 0.29) is 18.1 Å². The first-order chi connectivity index (χ1) is 9.46. The Labute approximate surface area is 121 Å². The van der Waals surface area contributed by atoms with Crippen LogP contribution in [0.15, 0.2) is 0 Å². The molecular weight excluding hydrogens is 258 g/mol. The van der Waals surface area contributed by atoms with E-state index in [1.807, 2.05) is 4.90 Å². The van der Waals surface area contributed by atoms with Crippen molar-refractivity contribution < 1.29 is 14.7 Å². The molecule has 2 amide bonds. The molecule has 2 N–H and O–H groups in total. The molecule has 0 aromatic rings. The van der Waals surface area contributed by atoms with Crippen LogP contribution in [0.3, 0.4) is 0 Å². The first-order valence-corrected chi connectivity index (χ1v) is 7.47. The number of hydrogen-bond donors (Lipinski definition) is 2. The zero-order chi connectivity index (χ0) is 15.2. The minimum Gasteiger partial charge on any atom is -0.480 e. The van der Waals surface area contributed by atoms with Gasteiger partial charge in [-0.3, -0.25) is 9.69 Å². The number of hydrogen-bond acceptors (Lipinski definition) is 3. The van der Waals surface area contributed by atoms with Crippen LogP contribution in [0.1, 0.15) is 40.0 Å². The average Bonchev–Trinajstić information content (AvgIpc) is 2.45. The Kier molecular flexibility index (Phi) is 6.26. The molecule has 0 aliphatic carbocycles. The smallest absolute Gasteiger partial charge is 0.317 e. The van der Waals surface area contributed by atoms with Crippen molar-refractivity contribution in [2.45, 2.75) is 45.6 Å². The number of urea groups is 1. The molecule has 0 radical (unpaired) electrons. The summed E-state index contributed by atoms with van der Waals surface area (Å²) in [5, 5.41) is 11.9. The molecule has 1 aliphatic heterocycles. The molecule has 1 aliphatic rings. The van der Waals surface area contributed by atoms with Crippen LogP contribution >= 0.6 is 0 Å². The van der Waals surface area contributed by atoms with Crippen molar-refractivity contribution in [1.29, 1.82) is 0 Å². The topological polar surface area (TPSA) is 72.9 Å². The molecule has 0 aromatic carbocycles. The SMILES string of the molecule is CCC(CC)(CC)NC(=O)N1CCN(CC(=O)O)CC1. The molecule has 0 aromatic heterocycles. The van der Waals surface area contributed by atoms with Crippen molar-refractivity contribution in [3.05, 3.63) is 0 Å². The van der Waals surface area contributed by atoms with Gasteiger partial charge in [-0.05, 0) is 19.3 Å². The third-order valence-electron chi connectivity index (χ3n) is 4.42. The van der Waals surface area contributed by atoms with Crippen molar-refractivity contribution in [2.75, 3.05) is 32.7 Å². The van der Waals surface area contributed by atoms with Gasteiger partial charge in [0, 0.05) is 31.7 Å². The summed E-state index contributed by atoms with van der Waals surface area (Å²) in [6.45, 7) is 8.76. The number of nitrogens with zero attached hydrogens (tertiary/aromatic N) is 2. The van der Waals surface area contributed by atoms with E-state index in [0.29, 0.717) is 26.2 Å². The lowest BCUT2D eigenvalue weighted by Crippen LogP contribution is -2.57. The maximum atomic E-state index is 12.3. The molecule has 20 heavy (non-hydrogen) atoms. The van der Waals surface area contributed by atoms with Gasteiger partial charge in [0.1, 0.15) is 0 Å². The maximum absolute atomic E-state index is 12.3. The van der Waals surface area contributed by atoms with Crippen LogP contribution in [0, 0.1) is 0 Å². The van der Waals surface area contributed by atoms with Gasteiger partial charge in [-0.1, -0.05) is 20.8 Å². The van der Waals surface area contributed by atoms with Crippen molar-refractivity contribution in [1.82, 2.24) is 15.1 Å². The minimum atomic E-state index is -0.815. The third-order valence-corrected chi connectivity index (χ3v) is 4.42. The van der Waals surface area contributed by atoms with Crippen LogP contribution in [-0.4, -0.2) is 65.2 Å². The van der Waals surface area contributed by atoms with Crippen LogP contribution in [0.2, 0.25) is 0 Å². The second-order valence-electron chi connectivity index (χ2n) is 5.43. The first kappa shape index (κ1) is 16.8. The summed E-state index contributed by atoms with van der Waals surface area (Å²) in [6.07, 6.45) is 2.76. The molecule has 6 nitrogen and oxygen atoms in total. The van der Waals surface area contributed by atoms with Crippen LogP contribution in [0.5, 0.6) is 0 Å². The lowest BCUT2D eigenvalue weighted by Gasteiger charge is -2.38. The van der Waals surface area contributed by atoms with Crippen LogP contribution < -0.4 is 5.32 Å². The molecule has 0 atom stereocenters. The second kappa shape index (κ2) is 7.47. The fraction of sp³-hybridized carbons (Fsp3) is 0.857. The molecule has 1 saturated heterocycles. The van der Waals surface area contributed by atoms with Crippen molar-refractivity contribution in [3.63, 3.8) is 0 Å². The lowest BCUT2D eigenvalue weighted by molar-refractivity contribution is -0.138. The fourth-order valence-corrected chi connectivity index (χ4v) is 2.62. The van der Waals surface area contributed by atoms with E-state index in [9.17, 15) is 9.59 Å². The molecule has 1 fully saturated rings. The van der Waals surface area contributed by atoms with Crippen molar-refractivity contribution >= 4 is 12.0 Å². The van der Waals surface area contributed by atoms with Gasteiger partial charge >= 0.3 is 12.0 Å². The van der Waals surface area contributed by atoms with E-state index in [1.54, 1.807) is 4.90 Å². The summed E-state index contributed by atoms with van der Waals surface area (Å²) < 4.78 is 0. The van der Waals surface area contributed by atoms with Gasteiger partial charge in [-0.25, -0.2) is 4.79 Å². The molecule has 6 heteroatoms. The predicted octanol–water partition coefficient (Wildman–Crippen LogP) is 1.37. The Morgan fingerprint density at radius 1 is 1.05 bits per heavy atom. The van der Waals surface area contributed by atoms with Gasteiger partial charge in [0.05, 0.1) is 6.54 Å². The van der Waals surface area contributed by atoms with Crippen LogP contribution in [0.4, 0.5) is 4.79 Å². The van der Waals surface area contributed by atoms with Gasteiger partial charge in [0.25, 0.3) is 0 Å². The highest BCUT2D eigenvalue weighted by Gasteiger charge is 2.29. The maximum Gasteiger partial charge on any atom is 0.317 e. The number of carboxylic acids is 1. The van der Waals surface area contributed by atoms with E-state index in [1.165, 1.54) is 0 Å². The highest BCUT2D eigenvalue weighted by molar-refractivity contribution is 5.75. The van der Waals surface area contributed by atoms with E-state index in [4.69, 9.17) is 5.11 Å². The van der Waals surface area contributed by atoms with Crippen LogP contribution in [-0.2, 0) is 4.79 Å². The van der Waals surface area contributed by atoms with E-state index in [2.05, 4.69) is 26.1 Å². The van der Waals surface area contributed by atoms with Gasteiger partial charge in [0.2, 0.25) is 0 Å². The normalized spacial score (nSPS) is 17.1. The Morgan fingerprint density at radius 3 is 1.95 bits per heavy atom. The number of amides is 2. The van der Waals surface area contributed by atoms with E-state index in [0.717, 1.165) is 19.3 Å². The number of aliphatic carboxylic acids is 1. The molecule has 116 valence electrons. The molecule has 1 rings (SSSR count). The Bertz CT molecular complexity index is 326. The monoisotopic (exact) mass is 285 g/mol. The number of piperazine rings is 1. The molecule has 0 bridgehead atoms. The summed E-state index contributed by atoms with van der Waals surface area (Å²) in [7, 11) is 0. The van der Waals surface area contributed by atoms with Crippen molar-refractivity contribution in [3.8, 4) is 0 Å². The van der Waals surface area contributed by atoms with E-state index < -0.39 is 5.97 Å². The van der Waals surface area contributed by atoms with Gasteiger partial charge in [-0.15, -0.1) is 0 Å². The predicted molar refractivity (Wildman–Crippen MR) is 77.8 cm³/mol. The summed E-state index contributed by atoms with van der Waals surface area (Å²) in [5.41, 5.74) is -0.116. The summed E-state index contributed by atoms with van der Waals surface area (Å²) >= 11 is 0. The van der Waals surface area contributed by atoms with Gasteiger partial charge in [0.15, 0.2) is 0 Å². The number of rotatable bonds is 6. The number of carbonyl (C=O) groups excluding carboxylic acids is 1. The van der Waals surface area contributed by atoms with E-state index >= 15 is 0 Å². The standard InChI is InChI=1S/C14H27N3O3/c1-4-14(5-2,6-3)15-13(20)17-9-7-16(8-10-17)11-12(18)19/h4-11H2,1-3H3,(H,15,20)(H,18,19). The second-order valence-corrected chi connectivity index (χ2v) is 5.43. The zero-order valence-corrected chi connectivity index (χ0v) is 12.8. The van der Waals surface area contributed by atoms with Crippen molar-refractivity contribution in [2.24, 2.45) is 0 Å². The Balaban J connectivity index is 2.48. The quantitative estimate of drug-likeness (QED) is 0.773. The number of carbonyl (C=O) groups is 2. The molecule has 0 unspecified atom stereocenters. The third kappa shape index (κ3) is 4.37. The number of nitrogens with one attached hydrogen (secondary N) is 1. The highest BCUT2D eigenvalue weighted by Crippen LogP contribution is 2.19. The Hall–Kier alpha value is -1.30. The average molecular weight is 285 g/mol. The molecule has 0 saturated carbocycles. The summed E-state index contributed by atoms with van der Waals surface area (Å²) in [5.74, 6) is -0.815. The molecule has 1 heterocycles. The Morgan fingerprint density at radius 2 is 1.55 bits per heavy atom. The largest absolute Gasteiger partial charge is 0.480 e. The molecular formula is C14H27N3O3. The minimum absolute atomic E-state index is 0.0227. The number of carboxylic acid groups (broad SMARTS) is 1. The molecule has 0 spiro atoms. The summed E-state index contributed by atoms with van der Waals surface area (Å²) in [6, 6.07) is -0.0227. The highest BCUT2D eigenvalue weighted by atomic mass is 16.4. The lowest BCUT2D eigenvalue weighted by atomic mass is 9.90. The zero-order valence-electron chi connectivity index (χ0n) is 12.8.